The third-order valence-electron chi connectivity index (χ3n) is 12.1. The van der Waals surface area contributed by atoms with Gasteiger partial charge in [0, 0.05) is 79.9 Å². The lowest BCUT2D eigenvalue weighted by Gasteiger charge is -2.40. The van der Waals surface area contributed by atoms with Gasteiger partial charge in [0.2, 0.25) is 17.7 Å². The summed E-state index contributed by atoms with van der Waals surface area (Å²) in [6.07, 6.45) is 2.48. The van der Waals surface area contributed by atoms with E-state index in [1.54, 1.807) is 26.2 Å². The van der Waals surface area contributed by atoms with Gasteiger partial charge in [0.1, 0.15) is 11.8 Å². The standard InChI is InChI=1S/C47H74N6O6/c1-14-32(5)43(52(11)46(57)42(31(3)4)49-47(50(7)8)51(9)10)40(58-12)30-41(55)53-27-19-22-38(53)44(59-13)33(6)39(54)29-36(28-35-20-17-16-18-21-35)45(56)48-37-25-23-34(15-2)24-26-37/h16-18,20-21,23-26,31-33,36,38,40,42-44H,14-15,19,22,27-30H2,1-13H3,(H,48,56)/t32-,33-,36+,38-,40+,42-,43-,44+/m0/s1. The van der Waals surface area contributed by atoms with Crippen LogP contribution in [0.25, 0.3) is 0 Å². The van der Waals surface area contributed by atoms with E-state index in [4.69, 9.17) is 14.5 Å². The number of Topliss-reactive ketones (excluding diaryl/α,β-unsaturated/α-hetero) is 1. The van der Waals surface area contributed by atoms with Crippen LogP contribution in [0.4, 0.5) is 5.69 Å². The number of benzene rings is 2. The summed E-state index contributed by atoms with van der Waals surface area (Å²) in [5.74, 6) is -1.06. The number of carbonyl (C=O) groups excluding carboxylic acids is 4. The highest BCUT2D eigenvalue weighted by atomic mass is 16.5. The van der Waals surface area contributed by atoms with Crippen LogP contribution in [0.1, 0.15) is 84.8 Å². The summed E-state index contributed by atoms with van der Waals surface area (Å²) in [4.78, 5) is 69.0. The highest BCUT2D eigenvalue weighted by Gasteiger charge is 2.43. The molecule has 0 aromatic heterocycles. The molecule has 3 rings (SSSR count). The lowest BCUT2D eigenvalue weighted by molar-refractivity contribution is -0.146. The molecule has 0 aliphatic carbocycles. The van der Waals surface area contributed by atoms with Gasteiger partial charge in [0.25, 0.3) is 0 Å². The Morgan fingerprint density at radius 1 is 0.847 bits per heavy atom. The Morgan fingerprint density at radius 3 is 2.00 bits per heavy atom. The van der Waals surface area contributed by atoms with Crippen LogP contribution < -0.4 is 5.32 Å². The molecule has 0 saturated carbocycles. The molecular weight excluding hydrogens is 745 g/mol. The van der Waals surface area contributed by atoms with Crippen LogP contribution in [-0.4, -0.2) is 135 Å². The Hall–Kier alpha value is -4.29. The van der Waals surface area contributed by atoms with E-state index < -0.39 is 36.1 Å². The van der Waals surface area contributed by atoms with Crippen LogP contribution in [0.15, 0.2) is 59.6 Å². The van der Waals surface area contributed by atoms with Gasteiger partial charge in [-0.2, -0.15) is 0 Å². The number of guanidine groups is 1. The molecule has 328 valence electrons. The normalized spacial score (nSPS) is 17.6. The number of aliphatic imine (C=N–C) groups is 1. The van der Waals surface area contributed by atoms with E-state index >= 15 is 0 Å². The van der Waals surface area contributed by atoms with Crippen LogP contribution in [0.2, 0.25) is 0 Å². The molecule has 2 aromatic carbocycles. The fraction of sp³-hybridized carbons (Fsp3) is 0.638. The molecule has 2 aromatic rings. The minimum Gasteiger partial charge on any atom is -0.379 e. The summed E-state index contributed by atoms with van der Waals surface area (Å²) in [5.41, 5.74) is 2.84. The van der Waals surface area contributed by atoms with Crippen molar-refractivity contribution in [1.29, 1.82) is 0 Å². The average Bonchev–Trinajstić information content (AvgIpc) is 3.70. The van der Waals surface area contributed by atoms with Gasteiger partial charge in [0.05, 0.1) is 30.7 Å². The Balaban J connectivity index is 1.83. The van der Waals surface area contributed by atoms with Gasteiger partial charge in [-0.05, 0) is 60.8 Å². The smallest absolute Gasteiger partial charge is 0.247 e. The Morgan fingerprint density at radius 2 is 1.47 bits per heavy atom. The van der Waals surface area contributed by atoms with Crippen molar-refractivity contribution < 1.29 is 28.7 Å². The molecule has 59 heavy (non-hydrogen) atoms. The van der Waals surface area contributed by atoms with E-state index in [9.17, 15) is 19.2 Å². The first kappa shape index (κ1) is 49.1. The van der Waals surface area contributed by atoms with E-state index in [1.807, 2.05) is 118 Å². The molecule has 1 aliphatic heterocycles. The fourth-order valence-electron chi connectivity index (χ4n) is 8.45. The Labute approximate surface area is 355 Å². The minimum atomic E-state index is -0.630. The van der Waals surface area contributed by atoms with Gasteiger partial charge in [-0.15, -0.1) is 0 Å². The SMILES string of the molecule is CCc1ccc(NC(=O)[C@@H](CC(=O)[C@H](C)[C@@H](OC)[C@@H]2CCCN2C(=O)C[C@@H](OC)[C@H]([C@@H](C)CC)N(C)C(=O)[C@@H](N=C(N(C)C)N(C)C)C(C)C)Cc2ccccc2)cc1. The summed E-state index contributed by atoms with van der Waals surface area (Å²) < 4.78 is 12.2. The molecule has 1 N–H and O–H groups in total. The second-order valence-corrected chi connectivity index (χ2v) is 17.1. The molecular formula is C47H74N6O6. The molecule has 3 amide bonds. The van der Waals surface area contributed by atoms with Gasteiger partial charge in [0.15, 0.2) is 5.96 Å². The number of ether oxygens (including phenoxy) is 2. The number of ketones is 1. The topological polar surface area (TPSA) is 124 Å². The van der Waals surface area contributed by atoms with E-state index in [-0.39, 0.29) is 54.2 Å². The molecule has 1 fully saturated rings. The maximum absolute atomic E-state index is 14.4. The first-order chi connectivity index (χ1) is 28.0. The van der Waals surface area contributed by atoms with E-state index in [0.717, 1.165) is 24.8 Å². The molecule has 0 spiro atoms. The number of likely N-dealkylation sites (N-methyl/N-ethyl adjacent to an activating group) is 1. The summed E-state index contributed by atoms with van der Waals surface area (Å²) >= 11 is 0. The highest BCUT2D eigenvalue weighted by Crippen LogP contribution is 2.31. The third kappa shape index (κ3) is 13.4. The monoisotopic (exact) mass is 819 g/mol. The largest absolute Gasteiger partial charge is 0.379 e. The van der Waals surface area contributed by atoms with Crippen LogP contribution in [-0.2, 0) is 41.5 Å². The number of hydrogen-bond donors (Lipinski definition) is 1. The number of aryl methyl sites for hydroxylation is 1. The molecule has 1 aliphatic rings. The third-order valence-corrected chi connectivity index (χ3v) is 12.1. The van der Waals surface area contributed by atoms with Crippen molar-refractivity contribution in [2.45, 2.75) is 117 Å². The number of nitrogens with one attached hydrogen (secondary N) is 1. The van der Waals surface area contributed by atoms with E-state index in [1.165, 1.54) is 5.56 Å². The minimum absolute atomic E-state index is 0.0242. The van der Waals surface area contributed by atoms with E-state index in [2.05, 4.69) is 26.1 Å². The number of anilines is 1. The van der Waals surface area contributed by atoms with Gasteiger partial charge < -0.3 is 34.4 Å². The number of likely N-dealkylation sites (tertiary alicyclic amines) is 1. The quantitative estimate of drug-likeness (QED) is 0.113. The molecule has 1 heterocycles. The first-order valence-electron chi connectivity index (χ1n) is 21.5. The van der Waals surface area contributed by atoms with Crippen molar-refractivity contribution in [2.24, 2.45) is 28.7 Å². The Kier molecular flexibility index (Phi) is 19.5. The maximum Gasteiger partial charge on any atom is 0.247 e. The van der Waals surface area contributed by atoms with Crippen molar-refractivity contribution in [3.63, 3.8) is 0 Å². The van der Waals surface area contributed by atoms with Crippen LogP contribution in [0.5, 0.6) is 0 Å². The molecule has 0 radical (unpaired) electrons. The number of nitrogens with zero attached hydrogens (tertiary/aromatic N) is 5. The lowest BCUT2D eigenvalue weighted by atomic mass is 9.85. The zero-order valence-corrected chi connectivity index (χ0v) is 38.2. The molecule has 0 unspecified atom stereocenters. The first-order valence-corrected chi connectivity index (χ1v) is 21.5. The van der Waals surface area contributed by atoms with Gasteiger partial charge in [-0.1, -0.05) is 90.4 Å². The van der Waals surface area contributed by atoms with Crippen molar-refractivity contribution in [3.05, 3.63) is 65.7 Å². The summed E-state index contributed by atoms with van der Waals surface area (Å²) in [5, 5.41) is 3.04. The zero-order valence-electron chi connectivity index (χ0n) is 38.2. The number of methoxy groups -OCH3 is 2. The van der Waals surface area contributed by atoms with Crippen molar-refractivity contribution in [3.8, 4) is 0 Å². The predicted octanol–water partition coefficient (Wildman–Crippen LogP) is 6.43. The zero-order chi connectivity index (χ0) is 44.0. The number of rotatable bonds is 21. The van der Waals surface area contributed by atoms with Gasteiger partial charge in [-0.3, -0.25) is 19.2 Å². The molecule has 8 atom stereocenters. The summed E-state index contributed by atoms with van der Waals surface area (Å²) in [7, 11) is 12.6. The maximum atomic E-state index is 14.4. The molecule has 12 nitrogen and oxygen atoms in total. The summed E-state index contributed by atoms with van der Waals surface area (Å²) in [6.45, 7) is 12.6. The van der Waals surface area contributed by atoms with Crippen molar-refractivity contribution in [1.82, 2.24) is 19.6 Å². The average molecular weight is 819 g/mol. The Bertz CT molecular complexity index is 1650. The number of hydrogen-bond acceptors (Lipinski definition) is 7. The second kappa shape index (κ2) is 23.5. The van der Waals surface area contributed by atoms with Crippen molar-refractivity contribution in [2.75, 3.05) is 61.3 Å². The van der Waals surface area contributed by atoms with Crippen LogP contribution >= 0.6 is 0 Å². The van der Waals surface area contributed by atoms with Crippen LogP contribution in [0.3, 0.4) is 0 Å². The van der Waals surface area contributed by atoms with Gasteiger partial charge >= 0.3 is 0 Å². The van der Waals surface area contributed by atoms with Crippen LogP contribution in [0, 0.1) is 23.7 Å². The number of carbonyl (C=O) groups is 4. The molecule has 1 saturated heterocycles. The van der Waals surface area contributed by atoms with Gasteiger partial charge in [-0.25, -0.2) is 4.99 Å². The van der Waals surface area contributed by atoms with Crippen molar-refractivity contribution >= 4 is 35.2 Å². The number of amides is 3. The molecule has 12 heteroatoms. The lowest BCUT2D eigenvalue weighted by Crippen LogP contribution is -2.55. The second-order valence-electron chi connectivity index (χ2n) is 17.1. The highest BCUT2D eigenvalue weighted by molar-refractivity contribution is 5.96. The fourth-order valence-corrected chi connectivity index (χ4v) is 8.45. The van der Waals surface area contributed by atoms with E-state index in [0.29, 0.717) is 31.0 Å². The molecule has 0 bridgehead atoms. The predicted molar refractivity (Wildman–Crippen MR) is 237 cm³/mol. The summed E-state index contributed by atoms with van der Waals surface area (Å²) in [6, 6.07) is 16.2.